The number of pyridine rings is 2. The molecule has 0 saturated carbocycles. The molecule has 6 nitrogen and oxygen atoms in total. The Hall–Kier alpha value is -4.06. The molecule has 0 fully saturated rings. The van der Waals surface area contributed by atoms with E-state index in [-0.39, 0.29) is 17.2 Å². The van der Waals surface area contributed by atoms with Crippen molar-refractivity contribution in [2.75, 3.05) is 10.2 Å². The number of carboxylic acids is 1. The van der Waals surface area contributed by atoms with Gasteiger partial charge in [-0.3, -0.25) is 9.20 Å². The Morgan fingerprint density at radius 3 is 2.36 bits per heavy atom. The van der Waals surface area contributed by atoms with Gasteiger partial charge in [-0.2, -0.15) is 0 Å². The number of hydrogen-bond acceptors (Lipinski definition) is 4. The standard InChI is InChI=1S/C27H25N3O3/c1-17-11-23(18(2)28-24-10-6-5-9-22(24)27(32)33)25-12-21(13-26(31)30(25)14-17)29-15-19-7-3-4-8-20(19)16-29/h3-14,18,28H,15-16H2,1-2H3,(H,32,33)/t18-/m1/s1. The average Bonchev–Trinajstić information content (AvgIpc) is 3.23. The van der Waals surface area contributed by atoms with Crippen LogP contribution in [0.4, 0.5) is 11.4 Å². The Balaban J connectivity index is 1.57. The van der Waals surface area contributed by atoms with Crippen molar-refractivity contribution in [3.63, 3.8) is 0 Å². The van der Waals surface area contributed by atoms with E-state index < -0.39 is 5.97 Å². The first-order chi connectivity index (χ1) is 15.9. The van der Waals surface area contributed by atoms with Gasteiger partial charge >= 0.3 is 5.97 Å². The molecule has 0 aliphatic carbocycles. The van der Waals surface area contributed by atoms with Gasteiger partial charge in [0.05, 0.1) is 17.1 Å². The maximum atomic E-state index is 13.1. The Morgan fingerprint density at radius 2 is 1.67 bits per heavy atom. The summed E-state index contributed by atoms with van der Waals surface area (Å²) >= 11 is 0. The van der Waals surface area contributed by atoms with Crippen LogP contribution in [0.5, 0.6) is 0 Å². The zero-order valence-electron chi connectivity index (χ0n) is 18.6. The van der Waals surface area contributed by atoms with Crippen molar-refractivity contribution >= 4 is 22.9 Å². The number of anilines is 2. The lowest BCUT2D eigenvalue weighted by atomic mass is 10.0. The van der Waals surface area contributed by atoms with E-state index >= 15 is 0 Å². The Morgan fingerprint density at radius 1 is 1.00 bits per heavy atom. The zero-order valence-corrected chi connectivity index (χ0v) is 18.6. The van der Waals surface area contributed by atoms with E-state index in [2.05, 4.69) is 34.5 Å². The number of carboxylic acid groups (broad SMARTS) is 1. The first-order valence-electron chi connectivity index (χ1n) is 11.0. The lowest BCUT2D eigenvalue weighted by Crippen LogP contribution is -2.21. The molecule has 2 N–H and O–H groups in total. The van der Waals surface area contributed by atoms with E-state index in [4.69, 9.17) is 0 Å². The van der Waals surface area contributed by atoms with Crippen LogP contribution in [-0.2, 0) is 13.1 Å². The summed E-state index contributed by atoms with van der Waals surface area (Å²) in [5.74, 6) is -0.980. The fraction of sp³-hybridized carbons (Fsp3) is 0.185. The minimum Gasteiger partial charge on any atom is -0.478 e. The number of rotatable bonds is 5. The second kappa shape index (κ2) is 8.13. The van der Waals surface area contributed by atoms with E-state index in [0.717, 1.165) is 35.4 Å². The molecule has 3 heterocycles. The molecule has 0 bridgehead atoms. The van der Waals surface area contributed by atoms with Crippen LogP contribution in [-0.4, -0.2) is 15.5 Å². The molecule has 0 radical (unpaired) electrons. The van der Waals surface area contributed by atoms with Gasteiger partial charge in [0.15, 0.2) is 0 Å². The lowest BCUT2D eigenvalue weighted by Gasteiger charge is -2.22. The summed E-state index contributed by atoms with van der Waals surface area (Å²) in [5, 5.41) is 12.9. The molecular weight excluding hydrogens is 414 g/mol. The summed E-state index contributed by atoms with van der Waals surface area (Å²) in [7, 11) is 0. The topological polar surface area (TPSA) is 74.0 Å². The van der Waals surface area contributed by atoms with Crippen LogP contribution < -0.4 is 15.8 Å². The van der Waals surface area contributed by atoms with E-state index in [0.29, 0.717) is 5.69 Å². The van der Waals surface area contributed by atoms with Crippen LogP contribution in [0.25, 0.3) is 5.52 Å². The predicted molar refractivity (Wildman–Crippen MR) is 130 cm³/mol. The average molecular weight is 440 g/mol. The Kier molecular flexibility index (Phi) is 5.13. The number of nitrogens with zero attached hydrogens (tertiary/aromatic N) is 2. The number of aromatic nitrogens is 1. The van der Waals surface area contributed by atoms with Crippen LogP contribution in [0.1, 0.15) is 45.6 Å². The van der Waals surface area contributed by atoms with Gasteiger partial charge in [-0.05, 0) is 54.3 Å². The van der Waals surface area contributed by atoms with Crippen LogP contribution in [0.2, 0.25) is 0 Å². The SMILES string of the molecule is Cc1cc([C@@H](C)Nc2ccccc2C(=O)O)c2cc(N3Cc4ccccc4C3)cc(=O)n2c1. The van der Waals surface area contributed by atoms with Crippen molar-refractivity contribution < 1.29 is 9.90 Å². The number of fused-ring (bicyclic) bond motifs is 2. The quantitative estimate of drug-likeness (QED) is 0.458. The number of aromatic carboxylic acids is 1. The third kappa shape index (κ3) is 3.84. The molecular formula is C27H25N3O3. The number of hydrogen-bond donors (Lipinski definition) is 2. The monoisotopic (exact) mass is 439 g/mol. The second-order valence-corrected chi connectivity index (χ2v) is 8.62. The number of benzene rings is 2. The van der Waals surface area contributed by atoms with Gasteiger partial charge in [0, 0.05) is 36.7 Å². The summed E-state index contributed by atoms with van der Waals surface area (Å²) in [5.41, 5.74) is 6.84. The minimum atomic E-state index is -0.980. The minimum absolute atomic E-state index is 0.0819. The maximum absolute atomic E-state index is 13.1. The van der Waals surface area contributed by atoms with Gasteiger partial charge in [-0.15, -0.1) is 0 Å². The molecule has 33 heavy (non-hydrogen) atoms. The fourth-order valence-electron chi connectivity index (χ4n) is 4.63. The van der Waals surface area contributed by atoms with Crippen molar-refractivity contribution in [2.45, 2.75) is 33.0 Å². The van der Waals surface area contributed by atoms with Crippen molar-refractivity contribution in [1.82, 2.24) is 4.40 Å². The molecule has 6 heteroatoms. The maximum Gasteiger partial charge on any atom is 0.337 e. The summed E-state index contributed by atoms with van der Waals surface area (Å²) < 4.78 is 1.68. The summed E-state index contributed by atoms with van der Waals surface area (Å²) in [4.78, 5) is 27.0. The zero-order chi connectivity index (χ0) is 23.1. The molecule has 4 aromatic rings. The van der Waals surface area contributed by atoms with Gasteiger partial charge in [0.2, 0.25) is 0 Å². The Labute approximate surface area is 191 Å². The highest BCUT2D eigenvalue weighted by molar-refractivity contribution is 5.94. The molecule has 2 aromatic carbocycles. The molecule has 0 unspecified atom stereocenters. The normalized spacial score (nSPS) is 13.7. The summed E-state index contributed by atoms with van der Waals surface area (Å²) in [6, 6.07) is 20.8. The van der Waals surface area contributed by atoms with Crippen LogP contribution >= 0.6 is 0 Å². The van der Waals surface area contributed by atoms with Gasteiger partial charge in [-0.25, -0.2) is 4.79 Å². The van der Waals surface area contributed by atoms with Gasteiger partial charge < -0.3 is 15.3 Å². The van der Waals surface area contributed by atoms with E-state index in [1.54, 1.807) is 28.7 Å². The van der Waals surface area contributed by atoms with Crippen LogP contribution in [0.3, 0.4) is 0 Å². The molecule has 0 spiro atoms. The second-order valence-electron chi connectivity index (χ2n) is 8.62. The third-order valence-electron chi connectivity index (χ3n) is 6.27. The molecule has 1 atom stereocenters. The smallest absolute Gasteiger partial charge is 0.337 e. The molecule has 0 saturated heterocycles. The predicted octanol–water partition coefficient (Wildman–Crippen LogP) is 5.00. The molecule has 5 rings (SSSR count). The highest BCUT2D eigenvalue weighted by Crippen LogP contribution is 2.31. The van der Waals surface area contributed by atoms with Crippen molar-refractivity contribution in [3.05, 3.63) is 111 Å². The van der Waals surface area contributed by atoms with E-state index in [1.807, 2.05) is 38.2 Å². The molecule has 166 valence electrons. The fourth-order valence-corrected chi connectivity index (χ4v) is 4.63. The summed E-state index contributed by atoms with van der Waals surface area (Å²) in [6.45, 7) is 5.48. The molecule has 1 aliphatic heterocycles. The van der Waals surface area contributed by atoms with Gasteiger partial charge in [0.25, 0.3) is 5.56 Å². The van der Waals surface area contributed by atoms with Gasteiger partial charge in [-0.1, -0.05) is 42.5 Å². The summed E-state index contributed by atoms with van der Waals surface area (Å²) in [6.07, 6.45) is 1.85. The molecule has 2 aromatic heterocycles. The highest BCUT2D eigenvalue weighted by Gasteiger charge is 2.21. The largest absolute Gasteiger partial charge is 0.478 e. The lowest BCUT2D eigenvalue weighted by molar-refractivity contribution is 0.0698. The first kappa shape index (κ1) is 20.8. The molecule has 0 amide bonds. The number of para-hydroxylation sites is 1. The van der Waals surface area contributed by atoms with Gasteiger partial charge in [0.1, 0.15) is 0 Å². The van der Waals surface area contributed by atoms with Crippen molar-refractivity contribution in [3.8, 4) is 0 Å². The number of nitrogens with one attached hydrogen (secondary N) is 1. The number of aryl methyl sites for hydroxylation is 1. The molecule has 1 aliphatic rings. The Bertz CT molecular complexity index is 1420. The third-order valence-corrected chi connectivity index (χ3v) is 6.27. The highest BCUT2D eigenvalue weighted by atomic mass is 16.4. The number of carbonyl (C=O) groups is 1. The van der Waals surface area contributed by atoms with E-state index in [1.165, 1.54) is 11.1 Å². The first-order valence-corrected chi connectivity index (χ1v) is 11.0. The van der Waals surface area contributed by atoms with Crippen LogP contribution in [0.15, 0.2) is 77.7 Å². The van der Waals surface area contributed by atoms with E-state index in [9.17, 15) is 14.7 Å². The van der Waals surface area contributed by atoms with Crippen molar-refractivity contribution in [1.29, 1.82) is 0 Å². The van der Waals surface area contributed by atoms with Crippen molar-refractivity contribution in [2.24, 2.45) is 0 Å². The van der Waals surface area contributed by atoms with Crippen LogP contribution in [0, 0.1) is 6.92 Å².